The van der Waals surface area contributed by atoms with Gasteiger partial charge in [-0.15, -0.1) is 0 Å². The number of hydrogen-bond donors (Lipinski definition) is 1. The molecule has 1 aromatic rings. The van der Waals surface area contributed by atoms with Crippen molar-refractivity contribution in [3.63, 3.8) is 0 Å². The minimum atomic E-state index is 0.544. The zero-order valence-corrected chi connectivity index (χ0v) is 9.44. The highest BCUT2D eigenvalue weighted by Crippen LogP contribution is 2.36. The summed E-state index contributed by atoms with van der Waals surface area (Å²) in [5.74, 6) is 1.66. The molecule has 16 heavy (non-hydrogen) atoms. The van der Waals surface area contributed by atoms with Crippen molar-refractivity contribution < 1.29 is 4.74 Å². The maximum absolute atomic E-state index is 5.22. The molecule has 3 nitrogen and oxygen atoms in total. The van der Waals surface area contributed by atoms with Crippen molar-refractivity contribution in [1.82, 2.24) is 10.3 Å². The molecule has 1 N–H and O–H groups in total. The number of pyridine rings is 1. The molecule has 1 aromatic heterocycles. The van der Waals surface area contributed by atoms with Crippen LogP contribution >= 0.6 is 0 Å². The molecule has 0 aromatic carbocycles. The van der Waals surface area contributed by atoms with Crippen LogP contribution in [0.3, 0.4) is 0 Å². The summed E-state index contributed by atoms with van der Waals surface area (Å²) in [4.78, 5) is 4.22. The first-order chi connectivity index (χ1) is 7.88. The van der Waals surface area contributed by atoms with Crippen LogP contribution < -0.4 is 10.1 Å². The molecule has 84 valence electrons. The molecule has 1 aliphatic carbocycles. The first kappa shape index (κ1) is 9.85. The predicted octanol–water partition coefficient (Wildman–Crippen LogP) is 1.86. The van der Waals surface area contributed by atoms with Crippen molar-refractivity contribution in [1.29, 1.82) is 0 Å². The van der Waals surface area contributed by atoms with Crippen molar-refractivity contribution in [2.75, 3.05) is 13.7 Å². The Balaban J connectivity index is 1.93. The van der Waals surface area contributed by atoms with Crippen molar-refractivity contribution in [3.8, 4) is 5.75 Å². The highest BCUT2D eigenvalue weighted by Gasteiger charge is 2.35. The molecule has 0 unspecified atom stereocenters. The molecule has 0 saturated carbocycles. The molecule has 0 spiro atoms. The van der Waals surface area contributed by atoms with Gasteiger partial charge in [0, 0.05) is 24.3 Å². The van der Waals surface area contributed by atoms with Gasteiger partial charge in [0.1, 0.15) is 5.75 Å². The van der Waals surface area contributed by atoms with Crippen LogP contribution in [0.25, 0.3) is 5.57 Å². The minimum absolute atomic E-state index is 0.544. The zero-order valence-electron chi connectivity index (χ0n) is 9.44. The molecule has 1 saturated heterocycles. The second kappa shape index (κ2) is 3.91. The van der Waals surface area contributed by atoms with E-state index in [1.54, 1.807) is 13.3 Å². The summed E-state index contributed by atoms with van der Waals surface area (Å²) in [6, 6.07) is 2.61. The van der Waals surface area contributed by atoms with Crippen LogP contribution in [0, 0.1) is 5.92 Å². The molecular weight excluding hydrogens is 200 g/mol. The third-order valence-electron chi connectivity index (χ3n) is 3.59. The van der Waals surface area contributed by atoms with E-state index in [-0.39, 0.29) is 0 Å². The van der Waals surface area contributed by atoms with E-state index in [0.717, 1.165) is 11.7 Å². The van der Waals surface area contributed by atoms with Gasteiger partial charge in [-0.05, 0) is 30.4 Å². The predicted molar refractivity (Wildman–Crippen MR) is 63.3 cm³/mol. The first-order valence-corrected chi connectivity index (χ1v) is 5.81. The molecular formula is C13H16N2O. The number of nitrogens with one attached hydrogen (secondary N) is 1. The molecule has 2 aliphatic rings. The fourth-order valence-corrected chi connectivity index (χ4v) is 2.60. The molecule has 3 heteroatoms. The average molecular weight is 216 g/mol. The summed E-state index contributed by atoms with van der Waals surface area (Å²) >= 11 is 0. The Morgan fingerprint density at radius 1 is 1.44 bits per heavy atom. The van der Waals surface area contributed by atoms with E-state index in [1.165, 1.54) is 30.5 Å². The summed E-state index contributed by atoms with van der Waals surface area (Å²) in [7, 11) is 1.68. The van der Waals surface area contributed by atoms with Gasteiger partial charge >= 0.3 is 0 Å². The number of rotatable bonds is 2. The SMILES string of the molecule is COc1cncc(C2=CCC[C@@H]3CN[C@H]23)c1. The van der Waals surface area contributed by atoms with Crippen LogP contribution in [-0.4, -0.2) is 24.7 Å². The molecule has 2 heterocycles. The largest absolute Gasteiger partial charge is 0.495 e. The van der Waals surface area contributed by atoms with Crippen LogP contribution in [0.5, 0.6) is 5.75 Å². The van der Waals surface area contributed by atoms with Crippen molar-refractivity contribution in [2.24, 2.45) is 5.92 Å². The second-order valence-corrected chi connectivity index (χ2v) is 4.50. The Kier molecular flexibility index (Phi) is 2.40. The van der Waals surface area contributed by atoms with Crippen LogP contribution in [0.1, 0.15) is 18.4 Å². The van der Waals surface area contributed by atoms with Crippen molar-refractivity contribution in [3.05, 3.63) is 30.1 Å². The number of nitrogens with zero attached hydrogens (tertiary/aromatic N) is 1. The van der Waals surface area contributed by atoms with Gasteiger partial charge in [0.25, 0.3) is 0 Å². The van der Waals surface area contributed by atoms with Gasteiger partial charge in [-0.3, -0.25) is 4.98 Å². The van der Waals surface area contributed by atoms with E-state index in [0.29, 0.717) is 6.04 Å². The minimum Gasteiger partial charge on any atom is -0.495 e. The van der Waals surface area contributed by atoms with E-state index in [4.69, 9.17) is 4.74 Å². The fraction of sp³-hybridized carbons (Fsp3) is 0.462. The standard InChI is InChI=1S/C13H16N2O/c1-16-11-5-10(6-14-8-11)12-4-2-3-9-7-15-13(9)12/h4-6,8-9,13,15H,2-3,7H2,1H3/t9-,13+/m1/s1. The maximum Gasteiger partial charge on any atom is 0.137 e. The number of hydrogen-bond acceptors (Lipinski definition) is 3. The van der Waals surface area contributed by atoms with E-state index in [9.17, 15) is 0 Å². The summed E-state index contributed by atoms with van der Waals surface area (Å²) in [5.41, 5.74) is 2.59. The Morgan fingerprint density at radius 3 is 3.12 bits per heavy atom. The number of aromatic nitrogens is 1. The lowest BCUT2D eigenvalue weighted by Gasteiger charge is -2.42. The lowest BCUT2D eigenvalue weighted by atomic mass is 9.76. The van der Waals surface area contributed by atoms with E-state index in [2.05, 4.69) is 22.4 Å². The molecule has 2 atom stereocenters. The van der Waals surface area contributed by atoms with Gasteiger partial charge in [-0.1, -0.05) is 6.08 Å². The molecule has 1 fully saturated rings. The second-order valence-electron chi connectivity index (χ2n) is 4.50. The maximum atomic E-state index is 5.22. The average Bonchev–Trinajstić information content (AvgIpc) is 2.30. The van der Waals surface area contributed by atoms with Gasteiger partial charge < -0.3 is 10.1 Å². The van der Waals surface area contributed by atoms with Crippen molar-refractivity contribution >= 4 is 5.57 Å². The number of ether oxygens (including phenoxy) is 1. The highest BCUT2D eigenvalue weighted by atomic mass is 16.5. The zero-order chi connectivity index (χ0) is 11.0. The molecule has 0 radical (unpaired) electrons. The van der Waals surface area contributed by atoms with Gasteiger partial charge in [-0.2, -0.15) is 0 Å². The number of fused-ring (bicyclic) bond motifs is 1. The smallest absolute Gasteiger partial charge is 0.137 e. The van der Waals surface area contributed by atoms with Crippen molar-refractivity contribution in [2.45, 2.75) is 18.9 Å². The summed E-state index contributed by atoms with van der Waals surface area (Å²) in [5, 5.41) is 3.50. The fourth-order valence-electron chi connectivity index (χ4n) is 2.60. The Morgan fingerprint density at radius 2 is 2.38 bits per heavy atom. The number of methoxy groups -OCH3 is 1. The Hall–Kier alpha value is -1.35. The quantitative estimate of drug-likeness (QED) is 0.819. The first-order valence-electron chi connectivity index (χ1n) is 5.81. The lowest BCUT2D eigenvalue weighted by molar-refractivity contribution is 0.262. The van der Waals surface area contributed by atoms with Gasteiger partial charge in [0.15, 0.2) is 0 Å². The molecule has 1 aliphatic heterocycles. The van der Waals surface area contributed by atoms with E-state index in [1.807, 2.05) is 6.20 Å². The van der Waals surface area contributed by atoms with E-state index >= 15 is 0 Å². The monoisotopic (exact) mass is 216 g/mol. The van der Waals surface area contributed by atoms with E-state index < -0.39 is 0 Å². The molecule has 3 rings (SSSR count). The summed E-state index contributed by atoms with van der Waals surface area (Å²) in [6.07, 6.45) is 8.52. The van der Waals surface area contributed by atoms with Gasteiger partial charge in [-0.25, -0.2) is 0 Å². The Labute approximate surface area is 95.5 Å². The molecule has 0 amide bonds. The van der Waals surface area contributed by atoms with Crippen LogP contribution in [0.4, 0.5) is 0 Å². The summed E-state index contributed by atoms with van der Waals surface area (Å²) in [6.45, 7) is 1.17. The van der Waals surface area contributed by atoms with Crippen LogP contribution in [-0.2, 0) is 0 Å². The summed E-state index contributed by atoms with van der Waals surface area (Å²) < 4.78 is 5.22. The van der Waals surface area contributed by atoms with Crippen LogP contribution in [0.15, 0.2) is 24.5 Å². The third-order valence-corrected chi connectivity index (χ3v) is 3.59. The topological polar surface area (TPSA) is 34.1 Å². The van der Waals surface area contributed by atoms with Gasteiger partial charge in [0.05, 0.1) is 13.3 Å². The lowest BCUT2D eigenvalue weighted by Crippen LogP contribution is -2.54. The number of allylic oxidation sites excluding steroid dienone is 1. The van der Waals surface area contributed by atoms with Gasteiger partial charge in [0.2, 0.25) is 0 Å². The normalized spacial score (nSPS) is 27.7. The van der Waals surface area contributed by atoms with Crippen LogP contribution in [0.2, 0.25) is 0 Å². The molecule has 0 bridgehead atoms. The highest BCUT2D eigenvalue weighted by molar-refractivity contribution is 5.72. The Bertz CT molecular complexity index is 428. The third kappa shape index (κ3) is 1.52.